The van der Waals surface area contributed by atoms with Crippen molar-refractivity contribution in [2.75, 3.05) is 0 Å². The fourth-order valence-electron chi connectivity index (χ4n) is 1.47. The molecule has 20 heavy (non-hydrogen) atoms. The van der Waals surface area contributed by atoms with Gasteiger partial charge in [0.15, 0.2) is 0 Å². The predicted octanol–water partition coefficient (Wildman–Crippen LogP) is 1.08. The average molecular weight is 277 g/mol. The Labute approximate surface area is 113 Å². The lowest BCUT2D eigenvalue weighted by Gasteiger charge is -2.12. The third-order valence-electron chi connectivity index (χ3n) is 2.47. The van der Waals surface area contributed by atoms with Crippen molar-refractivity contribution >= 4 is 17.6 Å². The van der Waals surface area contributed by atoms with Gasteiger partial charge in [-0.25, -0.2) is 4.79 Å². The number of benzene rings is 1. The second kappa shape index (κ2) is 6.84. The van der Waals surface area contributed by atoms with Crippen molar-refractivity contribution in [1.29, 1.82) is 5.26 Å². The summed E-state index contributed by atoms with van der Waals surface area (Å²) in [6.45, 7) is 0. The van der Waals surface area contributed by atoms with Gasteiger partial charge in [-0.05, 0) is 12.5 Å². The molecular weight excluding hydrogens is 266 g/mol. The van der Waals surface area contributed by atoms with Crippen LogP contribution < -0.4 is 5.32 Å². The molecule has 8 heteroatoms. The van der Waals surface area contributed by atoms with Crippen LogP contribution >= 0.6 is 0 Å². The zero-order valence-corrected chi connectivity index (χ0v) is 10.3. The molecule has 0 saturated heterocycles. The van der Waals surface area contributed by atoms with Gasteiger partial charge in [-0.2, -0.15) is 5.26 Å². The number of nitrogens with one attached hydrogen (secondary N) is 1. The number of nitro benzene ring substituents is 1. The van der Waals surface area contributed by atoms with E-state index in [9.17, 15) is 19.7 Å². The Hall–Kier alpha value is -2.95. The minimum Gasteiger partial charge on any atom is -0.480 e. The van der Waals surface area contributed by atoms with E-state index in [1.54, 1.807) is 6.07 Å². The van der Waals surface area contributed by atoms with E-state index in [1.165, 1.54) is 18.2 Å². The molecule has 1 aromatic rings. The van der Waals surface area contributed by atoms with Crippen molar-refractivity contribution in [1.82, 2.24) is 5.32 Å². The molecule has 104 valence electrons. The Morgan fingerprint density at radius 3 is 2.75 bits per heavy atom. The Balaban J connectivity index is 2.84. The van der Waals surface area contributed by atoms with Crippen LogP contribution in [0.2, 0.25) is 0 Å². The van der Waals surface area contributed by atoms with E-state index in [0.717, 1.165) is 6.07 Å². The fourth-order valence-corrected chi connectivity index (χ4v) is 1.47. The molecule has 0 aliphatic rings. The lowest BCUT2D eigenvalue weighted by molar-refractivity contribution is -0.384. The number of nitrogens with zero attached hydrogens (tertiary/aromatic N) is 2. The highest BCUT2D eigenvalue weighted by Gasteiger charge is 2.21. The molecule has 8 nitrogen and oxygen atoms in total. The van der Waals surface area contributed by atoms with Crippen LogP contribution in [-0.2, 0) is 4.79 Å². The number of carbonyl (C=O) groups excluding carboxylic acids is 1. The zero-order chi connectivity index (χ0) is 15.1. The molecule has 0 saturated carbocycles. The van der Waals surface area contributed by atoms with Gasteiger partial charge in [0.25, 0.3) is 11.6 Å². The highest BCUT2D eigenvalue weighted by molar-refractivity contribution is 5.97. The summed E-state index contributed by atoms with van der Waals surface area (Å²) in [5.41, 5.74) is -0.274. The Kier molecular flexibility index (Phi) is 5.17. The van der Waals surface area contributed by atoms with Crippen molar-refractivity contribution in [3.63, 3.8) is 0 Å². The van der Waals surface area contributed by atoms with E-state index < -0.39 is 22.8 Å². The first-order valence-corrected chi connectivity index (χ1v) is 5.60. The van der Waals surface area contributed by atoms with Gasteiger partial charge >= 0.3 is 5.97 Å². The number of aliphatic carboxylic acids is 1. The first kappa shape index (κ1) is 15.1. The maximum Gasteiger partial charge on any atom is 0.326 e. The van der Waals surface area contributed by atoms with Crippen LogP contribution in [0.1, 0.15) is 23.2 Å². The van der Waals surface area contributed by atoms with Crippen LogP contribution in [0.5, 0.6) is 0 Å². The molecule has 0 heterocycles. The number of rotatable bonds is 6. The van der Waals surface area contributed by atoms with Crippen molar-refractivity contribution in [2.24, 2.45) is 0 Å². The number of non-ortho nitro benzene ring substituents is 1. The molecule has 1 atom stereocenters. The fraction of sp³-hybridized carbons (Fsp3) is 0.250. The molecule has 0 aromatic heterocycles. The quantitative estimate of drug-likeness (QED) is 0.590. The minimum absolute atomic E-state index is 0.0117. The van der Waals surface area contributed by atoms with Gasteiger partial charge in [0.1, 0.15) is 6.04 Å². The van der Waals surface area contributed by atoms with Crippen LogP contribution in [0.4, 0.5) is 5.69 Å². The summed E-state index contributed by atoms with van der Waals surface area (Å²) >= 11 is 0. The van der Waals surface area contributed by atoms with Crippen LogP contribution in [-0.4, -0.2) is 27.9 Å². The Morgan fingerprint density at radius 2 is 2.20 bits per heavy atom. The van der Waals surface area contributed by atoms with E-state index in [0.29, 0.717) is 0 Å². The highest BCUT2D eigenvalue weighted by Crippen LogP contribution is 2.13. The molecule has 0 aliphatic heterocycles. The lowest BCUT2D eigenvalue weighted by Crippen LogP contribution is -2.40. The predicted molar refractivity (Wildman–Crippen MR) is 66.8 cm³/mol. The van der Waals surface area contributed by atoms with Crippen molar-refractivity contribution in [2.45, 2.75) is 18.9 Å². The monoisotopic (exact) mass is 277 g/mol. The number of nitriles is 1. The minimum atomic E-state index is -1.26. The van der Waals surface area contributed by atoms with Gasteiger partial charge in [-0.3, -0.25) is 14.9 Å². The number of carboxylic acid groups (broad SMARTS) is 1. The molecule has 1 rings (SSSR count). The molecule has 0 bridgehead atoms. The van der Waals surface area contributed by atoms with Crippen molar-refractivity contribution < 1.29 is 19.6 Å². The Morgan fingerprint density at radius 1 is 1.50 bits per heavy atom. The van der Waals surface area contributed by atoms with Gasteiger partial charge in [0.2, 0.25) is 0 Å². The highest BCUT2D eigenvalue weighted by atomic mass is 16.6. The van der Waals surface area contributed by atoms with Gasteiger partial charge in [0, 0.05) is 24.1 Å². The molecular formula is C12H11N3O5. The van der Waals surface area contributed by atoms with E-state index in [4.69, 9.17) is 10.4 Å². The third kappa shape index (κ3) is 4.06. The number of carbonyl (C=O) groups is 2. The number of amides is 1. The first-order valence-electron chi connectivity index (χ1n) is 5.60. The van der Waals surface area contributed by atoms with Gasteiger partial charge < -0.3 is 10.4 Å². The van der Waals surface area contributed by atoms with Gasteiger partial charge in [0.05, 0.1) is 11.0 Å². The number of nitro groups is 1. The maximum absolute atomic E-state index is 11.8. The molecule has 1 aromatic carbocycles. The lowest BCUT2D eigenvalue weighted by atomic mass is 10.1. The largest absolute Gasteiger partial charge is 0.480 e. The molecule has 2 N–H and O–H groups in total. The van der Waals surface area contributed by atoms with Gasteiger partial charge in [-0.15, -0.1) is 0 Å². The van der Waals surface area contributed by atoms with Crippen LogP contribution in [0.15, 0.2) is 24.3 Å². The summed E-state index contributed by atoms with van der Waals surface area (Å²) in [6.07, 6.45) is -0.0569. The van der Waals surface area contributed by atoms with E-state index in [1.807, 2.05) is 0 Å². The van der Waals surface area contributed by atoms with Gasteiger partial charge in [-0.1, -0.05) is 6.07 Å². The topological polar surface area (TPSA) is 133 Å². The van der Waals surface area contributed by atoms with Crippen LogP contribution in [0, 0.1) is 21.4 Å². The smallest absolute Gasteiger partial charge is 0.326 e. The first-order chi connectivity index (χ1) is 9.45. The number of hydrogen-bond acceptors (Lipinski definition) is 5. The molecule has 1 amide bonds. The second-order valence-corrected chi connectivity index (χ2v) is 3.87. The molecule has 0 unspecified atom stereocenters. The van der Waals surface area contributed by atoms with E-state index in [2.05, 4.69) is 5.32 Å². The molecule has 0 fully saturated rings. The average Bonchev–Trinajstić information content (AvgIpc) is 2.42. The molecule has 0 radical (unpaired) electrons. The van der Waals surface area contributed by atoms with Crippen molar-refractivity contribution in [3.05, 3.63) is 39.9 Å². The standard InChI is InChI=1S/C12H11N3O5/c13-6-2-5-10(12(17)18)14-11(16)8-3-1-4-9(7-8)15(19)20/h1,3-4,7,10H,2,5H2,(H,14,16)(H,17,18)/t10-/m1/s1. The third-order valence-corrected chi connectivity index (χ3v) is 2.47. The maximum atomic E-state index is 11.8. The zero-order valence-electron chi connectivity index (χ0n) is 10.3. The SMILES string of the molecule is N#CCC[C@@H](NC(=O)c1cccc([N+](=O)[O-])c1)C(=O)O. The van der Waals surface area contributed by atoms with E-state index in [-0.39, 0.29) is 24.1 Å². The summed E-state index contributed by atoms with van der Waals surface area (Å²) in [6, 6.07) is 5.53. The summed E-state index contributed by atoms with van der Waals surface area (Å²) in [7, 11) is 0. The molecule has 0 spiro atoms. The van der Waals surface area contributed by atoms with Crippen LogP contribution in [0.25, 0.3) is 0 Å². The molecule has 0 aliphatic carbocycles. The second-order valence-electron chi connectivity index (χ2n) is 3.87. The summed E-state index contributed by atoms with van der Waals surface area (Å²) in [4.78, 5) is 32.7. The number of hydrogen-bond donors (Lipinski definition) is 2. The van der Waals surface area contributed by atoms with Crippen LogP contribution in [0.3, 0.4) is 0 Å². The number of carboxylic acids is 1. The van der Waals surface area contributed by atoms with Crippen molar-refractivity contribution in [3.8, 4) is 6.07 Å². The normalized spacial score (nSPS) is 11.2. The summed E-state index contributed by atoms with van der Waals surface area (Å²) in [5, 5.41) is 30.1. The summed E-state index contributed by atoms with van der Waals surface area (Å²) < 4.78 is 0. The van der Waals surface area contributed by atoms with E-state index >= 15 is 0 Å². The Bertz CT molecular complexity index is 579. The summed E-state index contributed by atoms with van der Waals surface area (Å²) in [5.74, 6) is -2.00.